The van der Waals surface area contributed by atoms with Crippen molar-refractivity contribution in [3.05, 3.63) is 63.3 Å². The van der Waals surface area contributed by atoms with Crippen molar-refractivity contribution in [3.63, 3.8) is 0 Å². The Kier molecular flexibility index (Phi) is 7.72. The second-order valence-electron chi connectivity index (χ2n) is 5.77. The number of halogens is 2. The number of amides is 2. The van der Waals surface area contributed by atoms with E-state index in [1.807, 2.05) is 0 Å². The van der Waals surface area contributed by atoms with Gasteiger partial charge in [-0.3, -0.25) is 9.59 Å². The molecule has 0 aromatic heterocycles. The number of hydrogen-bond donors (Lipinski definition) is 2. The fraction of sp³-hybridized carbons (Fsp3) is 0.200. The van der Waals surface area contributed by atoms with Crippen molar-refractivity contribution >= 4 is 41.1 Å². The zero-order valence-electron chi connectivity index (χ0n) is 15.6. The van der Waals surface area contributed by atoms with E-state index in [1.165, 1.54) is 21.1 Å². The summed E-state index contributed by atoms with van der Waals surface area (Å²) in [5.74, 6) is 0.233. The maximum absolute atomic E-state index is 12.6. The highest BCUT2D eigenvalue weighted by Gasteiger charge is 2.13. The normalized spacial score (nSPS) is 11.0. The van der Waals surface area contributed by atoms with Crippen LogP contribution in [0.1, 0.15) is 18.1 Å². The third kappa shape index (κ3) is 5.90. The molecule has 0 unspecified atom stereocenters. The summed E-state index contributed by atoms with van der Waals surface area (Å²) < 4.78 is 10.5. The first-order valence-electron chi connectivity index (χ1n) is 8.27. The van der Waals surface area contributed by atoms with Gasteiger partial charge in [0.2, 0.25) is 5.91 Å². The number of hydrogen-bond acceptors (Lipinski definition) is 4. The lowest BCUT2D eigenvalue weighted by Crippen LogP contribution is -2.33. The molecule has 8 heteroatoms. The van der Waals surface area contributed by atoms with Crippen molar-refractivity contribution in [1.82, 2.24) is 10.6 Å². The SMILES string of the molecule is COc1ccc(/C=C(\NC(C)=O)C(=O)NCc2ccc(Cl)cc2Cl)cc1OC. The van der Waals surface area contributed by atoms with Crippen molar-refractivity contribution in [2.45, 2.75) is 13.5 Å². The topological polar surface area (TPSA) is 76.7 Å². The van der Waals surface area contributed by atoms with Gasteiger partial charge in [-0.25, -0.2) is 0 Å². The standard InChI is InChI=1S/C20H20Cl2N2O4/c1-12(25)24-17(8-13-4-7-18(27-2)19(9-13)28-3)20(26)23-11-14-5-6-15(21)10-16(14)22/h4-10H,11H2,1-3H3,(H,23,26)(H,24,25)/b17-8-. The number of carbonyl (C=O) groups excluding carboxylic acids is 2. The number of benzene rings is 2. The Morgan fingerprint density at radius 1 is 1.04 bits per heavy atom. The average molecular weight is 423 g/mol. The number of rotatable bonds is 7. The van der Waals surface area contributed by atoms with E-state index in [2.05, 4.69) is 10.6 Å². The largest absolute Gasteiger partial charge is 0.493 e. The molecule has 0 aliphatic heterocycles. The Labute approximate surface area is 173 Å². The number of carbonyl (C=O) groups is 2. The highest BCUT2D eigenvalue weighted by atomic mass is 35.5. The highest BCUT2D eigenvalue weighted by molar-refractivity contribution is 6.35. The molecular weight excluding hydrogens is 403 g/mol. The molecule has 0 fully saturated rings. The summed E-state index contributed by atoms with van der Waals surface area (Å²) in [6.07, 6.45) is 1.54. The summed E-state index contributed by atoms with van der Waals surface area (Å²) in [5, 5.41) is 6.22. The Morgan fingerprint density at radius 2 is 1.75 bits per heavy atom. The van der Waals surface area contributed by atoms with Crippen LogP contribution in [0.4, 0.5) is 0 Å². The van der Waals surface area contributed by atoms with Crippen LogP contribution >= 0.6 is 23.2 Å². The minimum Gasteiger partial charge on any atom is -0.493 e. The van der Waals surface area contributed by atoms with Crippen LogP contribution in [-0.2, 0) is 16.1 Å². The Hall–Kier alpha value is -2.70. The maximum Gasteiger partial charge on any atom is 0.268 e. The summed E-state index contributed by atoms with van der Waals surface area (Å²) in [6, 6.07) is 10.2. The summed E-state index contributed by atoms with van der Waals surface area (Å²) >= 11 is 12.0. The van der Waals surface area contributed by atoms with Crippen molar-refractivity contribution in [3.8, 4) is 11.5 Å². The molecule has 0 radical (unpaired) electrons. The van der Waals surface area contributed by atoms with E-state index >= 15 is 0 Å². The van der Waals surface area contributed by atoms with Gasteiger partial charge in [0.1, 0.15) is 5.70 Å². The first kappa shape index (κ1) is 21.6. The van der Waals surface area contributed by atoms with E-state index in [0.717, 1.165) is 0 Å². The van der Waals surface area contributed by atoms with E-state index in [9.17, 15) is 9.59 Å². The zero-order valence-corrected chi connectivity index (χ0v) is 17.1. The number of methoxy groups -OCH3 is 2. The second-order valence-corrected chi connectivity index (χ2v) is 6.62. The first-order valence-corrected chi connectivity index (χ1v) is 9.03. The molecule has 0 saturated carbocycles. The zero-order chi connectivity index (χ0) is 20.7. The molecule has 2 N–H and O–H groups in total. The fourth-order valence-electron chi connectivity index (χ4n) is 2.39. The lowest BCUT2D eigenvalue weighted by atomic mass is 10.1. The number of ether oxygens (including phenoxy) is 2. The van der Waals surface area contributed by atoms with Gasteiger partial charge >= 0.3 is 0 Å². The molecule has 0 aliphatic rings. The molecule has 2 rings (SSSR count). The van der Waals surface area contributed by atoms with Crippen molar-refractivity contribution in [2.75, 3.05) is 14.2 Å². The molecule has 0 saturated heterocycles. The Morgan fingerprint density at radius 3 is 2.36 bits per heavy atom. The Balaban J connectivity index is 2.23. The molecular formula is C20H20Cl2N2O4. The number of nitrogens with one attached hydrogen (secondary N) is 2. The van der Waals surface area contributed by atoms with Crippen LogP contribution in [0.3, 0.4) is 0 Å². The Bertz CT molecular complexity index is 913. The monoisotopic (exact) mass is 422 g/mol. The van der Waals surface area contributed by atoms with Gasteiger partial charge < -0.3 is 20.1 Å². The van der Waals surface area contributed by atoms with Gasteiger partial charge in [-0.05, 0) is 41.5 Å². The van der Waals surface area contributed by atoms with E-state index in [-0.39, 0.29) is 18.1 Å². The predicted molar refractivity (Wildman–Crippen MR) is 110 cm³/mol. The molecule has 28 heavy (non-hydrogen) atoms. The van der Waals surface area contributed by atoms with Gasteiger partial charge in [-0.1, -0.05) is 35.3 Å². The molecule has 2 aromatic carbocycles. The van der Waals surface area contributed by atoms with Gasteiger partial charge in [-0.15, -0.1) is 0 Å². The molecule has 6 nitrogen and oxygen atoms in total. The van der Waals surface area contributed by atoms with Crippen LogP contribution in [-0.4, -0.2) is 26.0 Å². The molecule has 0 aliphatic carbocycles. The van der Waals surface area contributed by atoms with Crippen LogP contribution in [0.15, 0.2) is 42.1 Å². The predicted octanol–water partition coefficient (Wildman–Crippen LogP) is 3.80. The van der Waals surface area contributed by atoms with E-state index in [0.29, 0.717) is 32.7 Å². The smallest absolute Gasteiger partial charge is 0.268 e. The summed E-state index contributed by atoms with van der Waals surface area (Å²) in [7, 11) is 3.05. The third-order valence-electron chi connectivity index (χ3n) is 3.73. The summed E-state index contributed by atoms with van der Waals surface area (Å²) in [5.41, 5.74) is 1.44. The molecule has 0 spiro atoms. The maximum atomic E-state index is 12.6. The molecule has 148 valence electrons. The fourth-order valence-corrected chi connectivity index (χ4v) is 2.87. The lowest BCUT2D eigenvalue weighted by Gasteiger charge is -2.12. The average Bonchev–Trinajstić information content (AvgIpc) is 2.66. The van der Waals surface area contributed by atoms with Crippen LogP contribution < -0.4 is 20.1 Å². The third-order valence-corrected chi connectivity index (χ3v) is 4.32. The molecule has 2 aromatic rings. The van der Waals surface area contributed by atoms with Gasteiger partial charge in [-0.2, -0.15) is 0 Å². The van der Waals surface area contributed by atoms with Gasteiger partial charge in [0.15, 0.2) is 11.5 Å². The summed E-state index contributed by atoms with van der Waals surface area (Å²) in [6.45, 7) is 1.50. The molecule has 0 heterocycles. The second kappa shape index (κ2) is 10.0. The molecule has 0 atom stereocenters. The van der Waals surface area contributed by atoms with Crippen LogP contribution in [0.5, 0.6) is 11.5 Å². The highest BCUT2D eigenvalue weighted by Crippen LogP contribution is 2.28. The summed E-state index contributed by atoms with van der Waals surface area (Å²) in [4.78, 5) is 24.1. The molecule has 0 bridgehead atoms. The van der Waals surface area contributed by atoms with E-state index < -0.39 is 5.91 Å². The minimum atomic E-state index is -0.462. The van der Waals surface area contributed by atoms with Crippen molar-refractivity contribution in [1.29, 1.82) is 0 Å². The van der Waals surface area contributed by atoms with Gasteiger partial charge in [0.25, 0.3) is 5.91 Å². The van der Waals surface area contributed by atoms with Gasteiger partial charge in [0, 0.05) is 23.5 Å². The van der Waals surface area contributed by atoms with Crippen molar-refractivity contribution < 1.29 is 19.1 Å². The van der Waals surface area contributed by atoms with Crippen LogP contribution in [0, 0.1) is 0 Å². The van der Waals surface area contributed by atoms with E-state index in [1.54, 1.807) is 42.5 Å². The van der Waals surface area contributed by atoms with Crippen LogP contribution in [0.25, 0.3) is 6.08 Å². The first-order chi connectivity index (χ1) is 13.3. The quantitative estimate of drug-likeness (QED) is 0.665. The van der Waals surface area contributed by atoms with Gasteiger partial charge in [0.05, 0.1) is 14.2 Å². The van der Waals surface area contributed by atoms with Crippen LogP contribution in [0.2, 0.25) is 10.0 Å². The molecule has 2 amide bonds. The van der Waals surface area contributed by atoms with E-state index in [4.69, 9.17) is 32.7 Å². The lowest BCUT2D eigenvalue weighted by molar-refractivity contribution is -0.122. The minimum absolute atomic E-state index is 0.0878. The van der Waals surface area contributed by atoms with Crippen molar-refractivity contribution in [2.24, 2.45) is 0 Å².